The molecule has 0 unspecified atom stereocenters. The molecule has 102 valence electrons. The van der Waals surface area contributed by atoms with E-state index in [4.69, 9.17) is 4.42 Å². The normalized spacial score (nSPS) is 11.1. The Morgan fingerprint density at radius 3 is 2.68 bits per heavy atom. The highest BCUT2D eigenvalue weighted by Gasteiger charge is 2.13. The van der Waals surface area contributed by atoms with Crippen LogP contribution in [0.3, 0.4) is 0 Å². The van der Waals surface area contributed by atoms with Crippen LogP contribution in [0.15, 0.2) is 34.7 Å². The van der Waals surface area contributed by atoms with E-state index >= 15 is 0 Å². The Balaban J connectivity index is 1.87. The number of benzene rings is 1. The highest BCUT2D eigenvalue weighted by atomic mass is 16.3. The van der Waals surface area contributed by atoms with Gasteiger partial charge in [-0.2, -0.15) is 0 Å². The molecule has 0 aliphatic rings. The van der Waals surface area contributed by atoms with E-state index in [1.54, 1.807) is 0 Å². The molecule has 0 fully saturated rings. The number of fused-ring (bicyclic) bond motifs is 1. The Morgan fingerprint density at radius 1 is 1.26 bits per heavy atom. The molecule has 1 amide bonds. The third-order valence-electron chi connectivity index (χ3n) is 3.50. The number of nitrogens with one attached hydrogen (secondary N) is 1. The summed E-state index contributed by atoms with van der Waals surface area (Å²) in [6, 6.07) is 9.99. The lowest BCUT2D eigenvalue weighted by molar-refractivity contribution is -0.125. The van der Waals surface area contributed by atoms with Crippen molar-refractivity contribution in [3.05, 3.63) is 36.1 Å². The van der Waals surface area contributed by atoms with Crippen LogP contribution in [0.5, 0.6) is 0 Å². The van der Waals surface area contributed by atoms with E-state index in [1.807, 2.05) is 44.2 Å². The minimum Gasteiger partial charge on any atom is -0.461 e. The highest BCUT2D eigenvalue weighted by molar-refractivity contribution is 5.79. The molecule has 0 aliphatic heterocycles. The zero-order valence-electron chi connectivity index (χ0n) is 11.6. The van der Waals surface area contributed by atoms with Gasteiger partial charge in [-0.15, -0.1) is 0 Å². The highest BCUT2D eigenvalue weighted by Crippen LogP contribution is 2.18. The lowest BCUT2D eigenvalue weighted by Crippen LogP contribution is -2.31. The van der Waals surface area contributed by atoms with Gasteiger partial charge in [0.1, 0.15) is 11.3 Å². The number of rotatable bonds is 6. The number of amides is 1. The van der Waals surface area contributed by atoms with Crippen LogP contribution >= 0.6 is 0 Å². The summed E-state index contributed by atoms with van der Waals surface area (Å²) in [5.41, 5.74) is 0.906. The van der Waals surface area contributed by atoms with Crippen molar-refractivity contribution >= 4 is 16.9 Å². The van der Waals surface area contributed by atoms with Crippen LogP contribution in [0.2, 0.25) is 0 Å². The molecule has 1 aromatic heterocycles. The quantitative estimate of drug-likeness (QED) is 0.862. The molecular formula is C16H21NO2. The first-order valence-corrected chi connectivity index (χ1v) is 6.99. The van der Waals surface area contributed by atoms with E-state index < -0.39 is 0 Å². The maximum atomic E-state index is 11.8. The summed E-state index contributed by atoms with van der Waals surface area (Å²) in [5, 5.41) is 4.09. The van der Waals surface area contributed by atoms with Gasteiger partial charge in [0.25, 0.3) is 0 Å². The van der Waals surface area contributed by atoms with Crippen LogP contribution in [0.4, 0.5) is 0 Å². The van der Waals surface area contributed by atoms with Crippen molar-refractivity contribution in [1.82, 2.24) is 5.32 Å². The molecule has 3 heteroatoms. The van der Waals surface area contributed by atoms with Gasteiger partial charge in [0.15, 0.2) is 0 Å². The number of carbonyl (C=O) groups excluding carboxylic acids is 1. The number of carbonyl (C=O) groups is 1. The van der Waals surface area contributed by atoms with Crippen LogP contribution in [0.25, 0.3) is 11.0 Å². The van der Waals surface area contributed by atoms with Gasteiger partial charge < -0.3 is 9.73 Å². The third-order valence-corrected chi connectivity index (χ3v) is 3.50. The molecule has 0 saturated heterocycles. The van der Waals surface area contributed by atoms with Crippen LogP contribution in [-0.4, -0.2) is 12.5 Å². The van der Waals surface area contributed by atoms with Crippen LogP contribution in [0.1, 0.15) is 32.4 Å². The van der Waals surface area contributed by atoms with Gasteiger partial charge in [0, 0.05) is 24.3 Å². The monoisotopic (exact) mass is 259 g/mol. The predicted molar refractivity (Wildman–Crippen MR) is 77.0 cm³/mol. The number of para-hydroxylation sites is 1. The van der Waals surface area contributed by atoms with Crippen molar-refractivity contribution in [1.29, 1.82) is 0 Å². The molecule has 0 bridgehead atoms. The number of hydrogen-bond donors (Lipinski definition) is 1. The fourth-order valence-electron chi connectivity index (χ4n) is 2.27. The van der Waals surface area contributed by atoms with Gasteiger partial charge in [-0.25, -0.2) is 0 Å². The lowest BCUT2D eigenvalue weighted by Gasteiger charge is -2.11. The summed E-state index contributed by atoms with van der Waals surface area (Å²) >= 11 is 0. The molecule has 1 heterocycles. The minimum atomic E-state index is 0.135. The second kappa shape index (κ2) is 6.41. The Bertz CT molecular complexity index is 507. The summed E-state index contributed by atoms with van der Waals surface area (Å²) in [5.74, 6) is 1.21. The van der Waals surface area contributed by atoms with Crippen molar-refractivity contribution in [2.24, 2.45) is 5.92 Å². The van der Waals surface area contributed by atoms with Crippen LogP contribution < -0.4 is 5.32 Å². The van der Waals surface area contributed by atoms with E-state index in [2.05, 4.69) is 5.32 Å². The summed E-state index contributed by atoms with van der Waals surface area (Å²) in [6.07, 6.45) is 2.53. The number of furan rings is 1. The maximum absolute atomic E-state index is 11.8. The summed E-state index contributed by atoms with van der Waals surface area (Å²) in [4.78, 5) is 11.8. The van der Waals surface area contributed by atoms with Gasteiger partial charge in [0.2, 0.25) is 5.91 Å². The molecule has 0 atom stereocenters. The summed E-state index contributed by atoms with van der Waals surface area (Å²) in [6.45, 7) is 4.73. The van der Waals surface area contributed by atoms with Gasteiger partial charge in [0.05, 0.1) is 0 Å². The van der Waals surface area contributed by atoms with Gasteiger partial charge in [-0.1, -0.05) is 32.0 Å². The standard InChI is InChI=1S/C16H21NO2/c1-3-12(4-2)16(18)17-10-9-14-11-13-7-5-6-8-15(13)19-14/h5-8,11-12H,3-4,9-10H2,1-2H3,(H,17,18). The van der Waals surface area contributed by atoms with Gasteiger partial charge in [-0.3, -0.25) is 4.79 Å². The van der Waals surface area contributed by atoms with Crippen molar-refractivity contribution in [2.45, 2.75) is 33.1 Å². The molecular weight excluding hydrogens is 238 g/mol. The topological polar surface area (TPSA) is 42.2 Å². The third kappa shape index (κ3) is 3.37. The Kier molecular flexibility index (Phi) is 4.61. The fourth-order valence-corrected chi connectivity index (χ4v) is 2.27. The Hall–Kier alpha value is -1.77. The predicted octanol–water partition coefficient (Wildman–Crippen LogP) is 3.53. The molecule has 2 rings (SSSR count). The smallest absolute Gasteiger partial charge is 0.223 e. The maximum Gasteiger partial charge on any atom is 0.223 e. The molecule has 2 aromatic rings. The zero-order chi connectivity index (χ0) is 13.7. The summed E-state index contributed by atoms with van der Waals surface area (Å²) < 4.78 is 5.71. The van der Waals surface area contributed by atoms with E-state index in [9.17, 15) is 4.79 Å². The molecule has 0 saturated carbocycles. The molecule has 0 radical (unpaired) electrons. The summed E-state index contributed by atoms with van der Waals surface area (Å²) in [7, 11) is 0. The SMILES string of the molecule is CCC(CC)C(=O)NCCc1cc2ccccc2o1. The second-order valence-corrected chi connectivity index (χ2v) is 4.80. The van der Waals surface area contributed by atoms with E-state index in [0.717, 1.165) is 36.0 Å². The zero-order valence-corrected chi connectivity index (χ0v) is 11.6. The fraction of sp³-hybridized carbons (Fsp3) is 0.438. The van der Waals surface area contributed by atoms with Gasteiger partial charge in [-0.05, 0) is 25.0 Å². The second-order valence-electron chi connectivity index (χ2n) is 4.80. The molecule has 1 N–H and O–H groups in total. The molecule has 0 aliphatic carbocycles. The van der Waals surface area contributed by atoms with Crippen molar-refractivity contribution in [3.8, 4) is 0 Å². The first kappa shape index (κ1) is 13.7. The Labute approximate surface area is 114 Å². The molecule has 19 heavy (non-hydrogen) atoms. The van der Waals surface area contributed by atoms with Gasteiger partial charge >= 0.3 is 0 Å². The average Bonchev–Trinajstić information content (AvgIpc) is 2.82. The van der Waals surface area contributed by atoms with E-state index in [0.29, 0.717) is 6.54 Å². The Morgan fingerprint density at radius 2 is 2.00 bits per heavy atom. The van der Waals surface area contributed by atoms with Crippen molar-refractivity contribution in [2.75, 3.05) is 6.54 Å². The lowest BCUT2D eigenvalue weighted by atomic mass is 10.0. The largest absolute Gasteiger partial charge is 0.461 e. The first-order chi connectivity index (χ1) is 9.24. The average molecular weight is 259 g/mol. The molecule has 3 nitrogen and oxygen atoms in total. The first-order valence-electron chi connectivity index (χ1n) is 6.99. The van der Waals surface area contributed by atoms with Crippen molar-refractivity contribution in [3.63, 3.8) is 0 Å². The van der Waals surface area contributed by atoms with Crippen LogP contribution in [0, 0.1) is 5.92 Å². The molecule has 1 aromatic carbocycles. The van der Waals surface area contributed by atoms with E-state index in [-0.39, 0.29) is 11.8 Å². The van der Waals surface area contributed by atoms with E-state index in [1.165, 1.54) is 0 Å². The number of hydrogen-bond acceptors (Lipinski definition) is 2. The van der Waals surface area contributed by atoms with Crippen molar-refractivity contribution < 1.29 is 9.21 Å². The minimum absolute atomic E-state index is 0.135. The molecule has 0 spiro atoms. The van der Waals surface area contributed by atoms with Crippen LogP contribution in [-0.2, 0) is 11.2 Å².